The van der Waals surface area contributed by atoms with Crippen molar-refractivity contribution in [1.29, 1.82) is 0 Å². The van der Waals surface area contributed by atoms with E-state index in [4.69, 9.17) is 4.74 Å². The number of hydrogen-bond donors (Lipinski definition) is 0. The summed E-state index contributed by atoms with van der Waals surface area (Å²) in [5, 5.41) is 1.97. The first-order chi connectivity index (χ1) is 12.2. The zero-order valence-electron chi connectivity index (χ0n) is 13.4. The van der Waals surface area contributed by atoms with E-state index in [1.807, 2.05) is 36.5 Å². The minimum atomic E-state index is -2.21. The summed E-state index contributed by atoms with van der Waals surface area (Å²) in [7, 11) is 1.58. The van der Waals surface area contributed by atoms with Crippen molar-refractivity contribution in [2.75, 3.05) is 7.11 Å². The molecule has 0 saturated heterocycles. The fourth-order valence-corrected chi connectivity index (χ4v) is 3.26. The second-order valence-corrected chi connectivity index (χ2v) is 6.55. The highest BCUT2D eigenvalue weighted by molar-refractivity contribution is 7.79. The summed E-state index contributed by atoms with van der Waals surface area (Å²) in [6.45, 7) is 0.625. The molecule has 4 rings (SSSR count). The van der Waals surface area contributed by atoms with Crippen LogP contribution in [0.1, 0.15) is 5.56 Å². The smallest absolute Gasteiger partial charge is 0.215 e. The molecule has 1 atom stereocenters. The molecule has 0 aliphatic carbocycles. The fraction of sp³-hybridized carbons (Fsp3) is 0.111. The monoisotopic (exact) mass is 352 g/mol. The topological polar surface area (TPSA) is 80.1 Å². The van der Waals surface area contributed by atoms with Crippen LogP contribution in [-0.4, -0.2) is 30.4 Å². The molecule has 0 aliphatic heterocycles. The van der Waals surface area contributed by atoms with E-state index < -0.39 is 11.1 Å². The van der Waals surface area contributed by atoms with Gasteiger partial charge >= 0.3 is 0 Å². The normalized spacial score (nSPS) is 12.6. The first-order valence-corrected chi connectivity index (χ1v) is 8.70. The Morgan fingerprint density at radius 3 is 2.68 bits per heavy atom. The van der Waals surface area contributed by atoms with E-state index in [1.54, 1.807) is 25.4 Å². The molecule has 0 bridgehead atoms. The van der Waals surface area contributed by atoms with Gasteiger partial charge in [-0.3, -0.25) is 4.21 Å². The number of ether oxygens (including phenoxy) is 1. The van der Waals surface area contributed by atoms with Gasteiger partial charge in [-0.15, -0.1) is 0 Å². The Balaban J connectivity index is 1.79. The number of benzene rings is 1. The summed E-state index contributed by atoms with van der Waals surface area (Å²) in [4.78, 5) is 9.07. The van der Waals surface area contributed by atoms with Crippen LogP contribution in [0.15, 0.2) is 59.8 Å². The first kappa shape index (κ1) is 15.7. The second kappa shape index (κ2) is 6.27. The van der Waals surface area contributed by atoms with Crippen molar-refractivity contribution in [2.45, 2.75) is 11.4 Å². The quantitative estimate of drug-likeness (QED) is 0.528. The molecule has 126 valence electrons. The molecule has 25 heavy (non-hydrogen) atoms. The molecule has 3 heterocycles. The Morgan fingerprint density at radius 2 is 1.96 bits per heavy atom. The highest BCUT2D eigenvalue weighted by atomic mass is 32.2. The maximum absolute atomic E-state index is 11.0. The zero-order valence-corrected chi connectivity index (χ0v) is 14.2. The Kier molecular flexibility index (Phi) is 3.95. The third kappa shape index (κ3) is 2.88. The van der Waals surface area contributed by atoms with Gasteiger partial charge in [0.2, 0.25) is 5.88 Å². The average molecular weight is 352 g/mol. The third-order valence-electron chi connectivity index (χ3n) is 4.10. The van der Waals surface area contributed by atoms with Gasteiger partial charge in [-0.2, -0.15) is 4.98 Å². The van der Waals surface area contributed by atoms with Crippen molar-refractivity contribution in [3.8, 4) is 5.88 Å². The number of methoxy groups -OCH3 is 1. The van der Waals surface area contributed by atoms with Crippen molar-refractivity contribution in [1.82, 2.24) is 14.5 Å². The third-order valence-corrected chi connectivity index (χ3v) is 4.76. The van der Waals surface area contributed by atoms with E-state index in [0.717, 1.165) is 21.9 Å². The van der Waals surface area contributed by atoms with Crippen molar-refractivity contribution in [3.05, 3.63) is 60.4 Å². The van der Waals surface area contributed by atoms with Crippen LogP contribution >= 0.6 is 0 Å². The van der Waals surface area contributed by atoms with E-state index in [-0.39, 0.29) is 4.90 Å². The molecule has 0 spiro atoms. The number of hydrogen-bond acceptors (Lipinski definition) is 5. The van der Waals surface area contributed by atoms with Gasteiger partial charge in [0.25, 0.3) is 0 Å². The lowest BCUT2D eigenvalue weighted by atomic mass is 10.2. The summed E-state index contributed by atoms with van der Waals surface area (Å²) in [5.41, 5.74) is 2.68. The summed E-state index contributed by atoms with van der Waals surface area (Å²) in [5.74, 6) is 0.527. The zero-order chi connectivity index (χ0) is 17.4. The first-order valence-electron chi connectivity index (χ1n) is 7.62. The van der Waals surface area contributed by atoms with Crippen LogP contribution in [0.2, 0.25) is 0 Å². The average Bonchev–Trinajstić information content (AvgIpc) is 3.05. The van der Waals surface area contributed by atoms with Gasteiger partial charge in [0.15, 0.2) is 5.65 Å². The van der Waals surface area contributed by atoms with Gasteiger partial charge in [0.1, 0.15) is 0 Å². The van der Waals surface area contributed by atoms with E-state index >= 15 is 0 Å². The minimum Gasteiger partial charge on any atom is -0.768 e. The molecule has 0 radical (unpaired) electrons. The molecule has 0 aliphatic rings. The van der Waals surface area contributed by atoms with Crippen LogP contribution < -0.4 is 4.74 Å². The van der Waals surface area contributed by atoms with Crippen molar-refractivity contribution in [2.24, 2.45) is 0 Å². The molecule has 0 N–H and O–H groups in total. The number of rotatable bonds is 4. The molecule has 1 aromatic carbocycles. The van der Waals surface area contributed by atoms with Crippen LogP contribution in [0, 0.1) is 0 Å². The summed E-state index contributed by atoms with van der Waals surface area (Å²) >= 11 is -2.21. The Morgan fingerprint density at radius 1 is 1.16 bits per heavy atom. The van der Waals surface area contributed by atoms with Gasteiger partial charge < -0.3 is 13.9 Å². The van der Waals surface area contributed by atoms with Crippen LogP contribution in [0.3, 0.4) is 0 Å². The summed E-state index contributed by atoms with van der Waals surface area (Å²) in [6.07, 6.45) is 3.79. The predicted octanol–water partition coefficient (Wildman–Crippen LogP) is 2.88. The molecule has 6 nitrogen and oxygen atoms in total. The molecule has 7 heteroatoms. The maximum Gasteiger partial charge on any atom is 0.215 e. The molecule has 0 amide bonds. The largest absolute Gasteiger partial charge is 0.768 e. The van der Waals surface area contributed by atoms with Crippen molar-refractivity contribution < 1.29 is 13.5 Å². The van der Waals surface area contributed by atoms with E-state index in [0.29, 0.717) is 18.1 Å². The number of nitrogens with zero attached hydrogens (tertiary/aromatic N) is 3. The van der Waals surface area contributed by atoms with Gasteiger partial charge in [-0.1, -0.05) is 12.1 Å². The molecule has 3 aromatic heterocycles. The van der Waals surface area contributed by atoms with E-state index in [9.17, 15) is 8.76 Å². The molecule has 4 aromatic rings. The van der Waals surface area contributed by atoms with Gasteiger partial charge in [-0.25, -0.2) is 4.98 Å². The van der Waals surface area contributed by atoms with Crippen LogP contribution in [-0.2, 0) is 17.6 Å². The van der Waals surface area contributed by atoms with Gasteiger partial charge in [0, 0.05) is 40.7 Å². The molecule has 0 fully saturated rings. The Hall–Kier alpha value is -2.77. The number of fused-ring (bicyclic) bond motifs is 3. The standard InChI is InChI=1S/C18H15N3O3S/c1-24-16-7-6-15-17-13(10-19-18(15)20-16)8-9-21(17)11-12-2-4-14(5-3-12)25(22)23/h2-10H,11H2,1H3,(H,22,23)/p-1. The molecule has 1 unspecified atom stereocenters. The van der Waals surface area contributed by atoms with Gasteiger partial charge in [0.05, 0.1) is 12.6 Å². The number of aromatic nitrogens is 3. The highest BCUT2D eigenvalue weighted by Gasteiger charge is 2.09. The lowest BCUT2D eigenvalue weighted by Crippen LogP contribution is -2.00. The van der Waals surface area contributed by atoms with Crippen LogP contribution in [0.4, 0.5) is 0 Å². The highest BCUT2D eigenvalue weighted by Crippen LogP contribution is 2.26. The minimum absolute atomic E-state index is 0.284. The fourth-order valence-electron chi connectivity index (χ4n) is 2.90. The summed E-state index contributed by atoms with van der Waals surface area (Å²) < 4.78 is 29.2. The van der Waals surface area contributed by atoms with Crippen LogP contribution in [0.5, 0.6) is 5.88 Å². The number of pyridine rings is 2. The van der Waals surface area contributed by atoms with Crippen molar-refractivity contribution >= 4 is 33.0 Å². The summed E-state index contributed by atoms with van der Waals surface area (Å²) in [6, 6.07) is 12.6. The SMILES string of the molecule is COc1ccc2c(ncc3ccn(Cc4ccc(S(=O)[O-])cc4)c32)n1. The Bertz CT molecular complexity index is 1090. The van der Waals surface area contributed by atoms with E-state index in [2.05, 4.69) is 14.5 Å². The van der Waals surface area contributed by atoms with Gasteiger partial charge in [-0.05, 0) is 40.9 Å². The second-order valence-electron chi connectivity index (χ2n) is 5.61. The predicted molar refractivity (Wildman–Crippen MR) is 94.3 cm³/mol. The molecular formula is C18H14N3O3S-. The van der Waals surface area contributed by atoms with E-state index in [1.165, 1.54) is 0 Å². The molecule has 0 saturated carbocycles. The maximum atomic E-state index is 11.0. The van der Waals surface area contributed by atoms with Crippen molar-refractivity contribution in [3.63, 3.8) is 0 Å². The van der Waals surface area contributed by atoms with Crippen LogP contribution in [0.25, 0.3) is 21.9 Å². The Labute approximate surface area is 146 Å². The lowest BCUT2D eigenvalue weighted by molar-refractivity contribution is 0.399. The molecular weight excluding hydrogens is 338 g/mol. The lowest BCUT2D eigenvalue weighted by Gasteiger charge is -2.10.